The van der Waals surface area contributed by atoms with Crippen LogP contribution in [0.25, 0.3) is 0 Å². The van der Waals surface area contributed by atoms with Crippen molar-refractivity contribution in [3.63, 3.8) is 0 Å². The van der Waals surface area contributed by atoms with Crippen LogP contribution in [0.3, 0.4) is 0 Å². The quantitative estimate of drug-likeness (QED) is 0.0698. The maximum atomic E-state index is 11.5. The van der Waals surface area contributed by atoms with Gasteiger partial charge < -0.3 is 30.1 Å². The molecular weight excluding hydrogens is 632 g/mol. The van der Waals surface area contributed by atoms with E-state index in [4.69, 9.17) is 19.7 Å². The number of ether oxygens (including phenoxy) is 2. The first-order chi connectivity index (χ1) is 21.6. The molecule has 0 saturated carbocycles. The minimum absolute atomic E-state index is 0. The number of imide groups is 1. The van der Waals surface area contributed by atoms with Gasteiger partial charge in [0.1, 0.15) is 23.3 Å². The van der Waals surface area contributed by atoms with Crippen LogP contribution in [0.1, 0.15) is 113 Å². The van der Waals surface area contributed by atoms with Gasteiger partial charge >= 0.3 is 29.8 Å². The summed E-state index contributed by atoms with van der Waals surface area (Å²) in [4.78, 5) is 90.9. The van der Waals surface area contributed by atoms with Crippen molar-refractivity contribution in [1.82, 2.24) is 10.2 Å². The number of nitrogens with one attached hydrogen (secondary N) is 1. The van der Waals surface area contributed by atoms with Gasteiger partial charge in [0, 0.05) is 37.1 Å². The maximum absolute atomic E-state index is 11.5. The van der Waals surface area contributed by atoms with Crippen LogP contribution in [-0.2, 0) is 47.8 Å². The zero-order valence-corrected chi connectivity index (χ0v) is 27.9. The van der Waals surface area contributed by atoms with Crippen LogP contribution in [0.2, 0.25) is 0 Å². The molecule has 0 fully saturated rings. The Balaban J connectivity index is 0. The molecule has 0 aromatic carbocycles. The number of nitrogens with zero attached hydrogens (tertiary/aromatic N) is 1. The molecule has 0 radical (unpaired) electrons. The summed E-state index contributed by atoms with van der Waals surface area (Å²) in [5.74, 6) is -6.27. The molecule has 0 saturated heterocycles. The van der Waals surface area contributed by atoms with E-state index in [1.807, 2.05) is 0 Å². The topological polar surface area (TPSA) is 231 Å². The minimum Gasteiger partial charge on any atom is -0.480 e. The minimum atomic E-state index is -1.29. The fourth-order valence-corrected chi connectivity index (χ4v) is 4.07. The number of esters is 2. The second kappa shape index (κ2) is 22.1. The van der Waals surface area contributed by atoms with E-state index >= 15 is 0 Å². The summed E-state index contributed by atoms with van der Waals surface area (Å²) in [6.45, 7) is 10.7. The Kier molecular flexibility index (Phi) is 21.0. The first kappa shape index (κ1) is 45.6. The Morgan fingerprint density at radius 2 is 1.15 bits per heavy atom. The monoisotopic (exact) mass is 684 g/mol. The van der Waals surface area contributed by atoms with Gasteiger partial charge in [-0.05, 0) is 67.2 Å². The first-order valence-electron chi connectivity index (χ1n) is 15.3. The number of aliphatic carboxylic acids is 3. The van der Waals surface area contributed by atoms with Crippen LogP contribution in [0.5, 0.6) is 0 Å². The summed E-state index contributed by atoms with van der Waals surface area (Å²) < 4.78 is 10.3. The second-order valence-corrected chi connectivity index (χ2v) is 12.7. The smallest absolute Gasteiger partial charge is 0.328 e. The molecule has 4 N–H and O–H groups in total. The zero-order chi connectivity index (χ0) is 36.4. The van der Waals surface area contributed by atoms with E-state index in [9.17, 15) is 43.5 Å². The van der Waals surface area contributed by atoms with Gasteiger partial charge in [0.25, 0.3) is 11.8 Å². The molecule has 48 heavy (non-hydrogen) atoms. The number of unbranched alkanes of at least 4 members (excludes halogenated alkanes) is 4. The van der Waals surface area contributed by atoms with Crippen LogP contribution in [0.4, 0.5) is 0 Å². The van der Waals surface area contributed by atoms with Crippen LogP contribution >= 0.6 is 0 Å². The van der Waals surface area contributed by atoms with Crippen molar-refractivity contribution < 1.29 is 63.1 Å². The standard InChI is InChI=1S/C16H25NO7.C16H23NO6.CH4/c1-16(2,3)24-14(21)8-6-4-5-7-11(15(22)23)17-12(18)9-10-13(19)20;1-16(2,3)23-14(20)8-6-4-5-7-11(15(21)22)17-12(18)9-10-13(17)19;/h9-11H,4-8H2,1-3H3,(H,17,18)(H,19,20)(H,22,23);9-11H,4-8H2,1-3H3,(H,21,22);1H4/b10-9-;;/t2*11-;/m00./s1. The van der Waals surface area contributed by atoms with Gasteiger partial charge in [0.15, 0.2) is 0 Å². The van der Waals surface area contributed by atoms with E-state index in [1.54, 1.807) is 41.5 Å². The molecule has 0 aromatic heterocycles. The molecule has 15 heteroatoms. The fraction of sp³-hybridized carbons (Fsp3) is 0.636. The molecule has 272 valence electrons. The summed E-state index contributed by atoms with van der Waals surface area (Å²) in [5, 5.41) is 28.9. The third-order valence-electron chi connectivity index (χ3n) is 6.00. The lowest BCUT2D eigenvalue weighted by atomic mass is 10.1. The molecule has 0 unspecified atom stereocenters. The lowest BCUT2D eigenvalue weighted by Gasteiger charge is -2.22. The molecule has 1 rings (SSSR count). The van der Waals surface area contributed by atoms with Crippen molar-refractivity contribution in [2.45, 2.75) is 136 Å². The predicted octanol–water partition coefficient (Wildman–Crippen LogP) is 3.78. The molecule has 1 aliphatic rings. The third kappa shape index (κ3) is 22.0. The summed E-state index contributed by atoms with van der Waals surface area (Å²) >= 11 is 0. The lowest BCUT2D eigenvalue weighted by molar-refractivity contribution is -0.156. The van der Waals surface area contributed by atoms with E-state index in [0.717, 1.165) is 23.1 Å². The van der Waals surface area contributed by atoms with Gasteiger partial charge in [-0.15, -0.1) is 0 Å². The number of carbonyl (C=O) groups excluding carboxylic acids is 5. The number of hydrogen-bond acceptors (Lipinski definition) is 10. The second-order valence-electron chi connectivity index (χ2n) is 12.7. The molecule has 15 nitrogen and oxygen atoms in total. The third-order valence-corrected chi connectivity index (χ3v) is 6.00. The van der Waals surface area contributed by atoms with E-state index in [0.29, 0.717) is 44.6 Å². The van der Waals surface area contributed by atoms with Gasteiger partial charge in [0.05, 0.1) is 0 Å². The van der Waals surface area contributed by atoms with Crippen molar-refractivity contribution in [3.8, 4) is 0 Å². The average molecular weight is 685 g/mol. The van der Waals surface area contributed by atoms with Gasteiger partial charge in [-0.25, -0.2) is 14.4 Å². The molecule has 0 aromatic rings. The van der Waals surface area contributed by atoms with E-state index in [1.165, 1.54) is 0 Å². The molecule has 0 aliphatic carbocycles. The van der Waals surface area contributed by atoms with Crippen molar-refractivity contribution in [2.75, 3.05) is 0 Å². The predicted molar refractivity (Wildman–Crippen MR) is 173 cm³/mol. The molecule has 1 heterocycles. The highest BCUT2D eigenvalue weighted by Crippen LogP contribution is 2.17. The maximum Gasteiger partial charge on any atom is 0.328 e. The molecular formula is C33H52N2O13. The van der Waals surface area contributed by atoms with E-state index in [2.05, 4.69) is 5.32 Å². The summed E-state index contributed by atoms with van der Waals surface area (Å²) in [6.07, 6.45) is 7.78. The number of amides is 3. The van der Waals surface area contributed by atoms with E-state index in [-0.39, 0.29) is 45.0 Å². The normalized spacial score (nSPS) is 13.9. The molecule has 1 aliphatic heterocycles. The summed E-state index contributed by atoms with van der Waals surface area (Å²) in [6, 6.07) is -2.26. The fourth-order valence-electron chi connectivity index (χ4n) is 4.07. The molecule has 0 spiro atoms. The van der Waals surface area contributed by atoms with Gasteiger partial charge in [-0.1, -0.05) is 33.1 Å². The highest BCUT2D eigenvalue weighted by Gasteiger charge is 2.35. The van der Waals surface area contributed by atoms with Gasteiger partial charge in [-0.3, -0.25) is 28.9 Å². The number of hydrogen-bond donors (Lipinski definition) is 4. The average Bonchev–Trinajstić information content (AvgIpc) is 3.23. The summed E-state index contributed by atoms with van der Waals surface area (Å²) in [7, 11) is 0. The Hall–Kier alpha value is -4.56. The van der Waals surface area contributed by atoms with Crippen molar-refractivity contribution in [1.29, 1.82) is 0 Å². The van der Waals surface area contributed by atoms with Crippen molar-refractivity contribution in [2.24, 2.45) is 0 Å². The lowest BCUT2D eigenvalue weighted by Crippen LogP contribution is -2.44. The highest BCUT2D eigenvalue weighted by atomic mass is 16.6. The first-order valence-corrected chi connectivity index (χ1v) is 15.3. The van der Waals surface area contributed by atoms with Crippen LogP contribution in [0, 0.1) is 0 Å². The van der Waals surface area contributed by atoms with E-state index < -0.39 is 58.9 Å². The SMILES string of the molecule is C.CC(C)(C)OC(=O)CCCCC[C@@H](C(=O)O)N1C(=O)C=CC1=O.CC(C)(C)OC(=O)CCCCC[C@H](NC(=O)/C=C\C(=O)O)C(=O)O. The van der Waals surface area contributed by atoms with Crippen LogP contribution < -0.4 is 5.32 Å². The number of carboxylic acids is 3. The highest BCUT2D eigenvalue weighted by molar-refractivity contribution is 6.14. The van der Waals surface area contributed by atoms with Crippen LogP contribution in [0.15, 0.2) is 24.3 Å². The Bertz CT molecular complexity index is 1170. The molecule has 2 atom stereocenters. The Labute approximate surface area is 281 Å². The number of rotatable bonds is 18. The van der Waals surface area contributed by atoms with Crippen LogP contribution in [-0.4, -0.2) is 91.1 Å². The van der Waals surface area contributed by atoms with Crippen molar-refractivity contribution >= 4 is 47.6 Å². The van der Waals surface area contributed by atoms with Gasteiger partial charge in [-0.2, -0.15) is 0 Å². The molecule has 0 bridgehead atoms. The Morgan fingerprint density at radius 1 is 0.708 bits per heavy atom. The van der Waals surface area contributed by atoms with Gasteiger partial charge in [0.2, 0.25) is 5.91 Å². The van der Waals surface area contributed by atoms with Crippen molar-refractivity contribution in [3.05, 3.63) is 24.3 Å². The Morgan fingerprint density at radius 3 is 1.52 bits per heavy atom. The zero-order valence-electron chi connectivity index (χ0n) is 27.9. The number of carboxylic acid groups (broad SMARTS) is 3. The number of carbonyl (C=O) groups is 8. The largest absolute Gasteiger partial charge is 0.480 e. The molecule has 3 amide bonds. The summed E-state index contributed by atoms with van der Waals surface area (Å²) in [5.41, 5.74) is -1.05.